The fraction of sp³-hybridized carbons (Fsp3) is 0.600. The molecule has 0 aliphatic carbocycles. The molecular formula is C15H22FNO. The number of hydrogen-bond donors (Lipinski definition) is 2. The average molecular weight is 251 g/mol. The molecule has 1 aromatic rings. The normalized spacial score (nSPS) is 27.8. The molecule has 0 saturated carbocycles. The van der Waals surface area contributed by atoms with Gasteiger partial charge in [-0.2, -0.15) is 0 Å². The zero-order valence-corrected chi connectivity index (χ0v) is 11.1. The number of piperidine rings is 1. The number of nitrogens with one attached hydrogen (secondary N) is 1. The molecule has 0 spiro atoms. The van der Waals surface area contributed by atoms with Gasteiger partial charge in [0, 0.05) is 6.04 Å². The van der Waals surface area contributed by atoms with Gasteiger partial charge in [-0.1, -0.05) is 26.0 Å². The fourth-order valence-corrected chi connectivity index (χ4v) is 2.88. The summed E-state index contributed by atoms with van der Waals surface area (Å²) in [4.78, 5) is 0. The lowest BCUT2D eigenvalue weighted by molar-refractivity contribution is -0.0223. The first-order valence-corrected chi connectivity index (χ1v) is 6.78. The molecule has 0 amide bonds. The first-order chi connectivity index (χ1) is 8.56. The first-order valence-electron chi connectivity index (χ1n) is 6.78. The molecule has 2 rings (SSSR count). The summed E-state index contributed by atoms with van der Waals surface area (Å²) in [5.41, 5.74) is -0.298. The molecule has 3 atom stereocenters. The summed E-state index contributed by atoms with van der Waals surface area (Å²) >= 11 is 0. The maximum atomic E-state index is 13.3. The molecule has 0 aromatic heterocycles. The molecule has 0 bridgehead atoms. The van der Waals surface area contributed by atoms with Crippen LogP contribution >= 0.6 is 0 Å². The van der Waals surface area contributed by atoms with Crippen LogP contribution in [0.2, 0.25) is 0 Å². The van der Waals surface area contributed by atoms with Gasteiger partial charge in [-0.25, -0.2) is 4.39 Å². The van der Waals surface area contributed by atoms with E-state index in [0.29, 0.717) is 17.9 Å². The summed E-state index contributed by atoms with van der Waals surface area (Å²) in [5.74, 6) is 0.311. The number of hydrogen-bond acceptors (Lipinski definition) is 2. The highest BCUT2D eigenvalue weighted by Gasteiger charge is 2.38. The second-order valence-electron chi connectivity index (χ2n) is 5.42. The van der Waals surface area contributed by atoms with Gasteiger partial charge in [0.05, 0.1) is 0 Å². The monoisotopic (exact) mass is 251 g/mol. The van der Waals surface area contributed by atoms with E-state index in [9.17, 15) is 9.50 Å². The molecule has 3 unspecified atom stereocenters. The molecule has 1 fully saturated rings. The van der Waals surface area contributed by atoms with Crippen molar-refractivity contribution >= 4 is 0 Å². The summed E-state index contributed by atoms with van der Waals surface area (Å²) in [6.45, 7) is 5.07. The van der Waals surface area contributed by atoms with Gasteiger partial charge in [0.2, 0.25) is 0 Å². The van der Waals surface area contributed by atoms with Gasteiger partial charge >= 0.3 is 0 Å². The van der Waals surface area contributed by atoms with Crippen molar-refractivity contribution in [2.24, 2.45) is 5.92 Å². The van der Waals surface area contributed by atoms with Crippen LogP contribution in [0.3, 0.4) is 0 Å². The van der Waals surface area contributed by atoms with Crippen molar-refractivity contribution in [3.05, 3.63) is 35.6 Å². The van der Waals surface area contributed by atoms with Crippen molar-refractivity contribution in [3.8, 4) is 0 Å². The minimum atomic E-state index is -0.975. The van der Waals surface area contributed by atoms with E-state index in [-0.39, 0.29) is 11.9 Å². The lowest BCUT2D eigenvalue weighted by Crippen LogP contribution is -2.52. The van der Waals surface area contributed by atoms with Gasteiger partial charge in [0.1, 0.15) is 11.4 Å². The summed E-state index contributed by atoms with van der Waals surface area (Å²) in [6.07, 6.45) is 2.65. The Balaban J connectivity index is 2.29. The molecule has 18 heavy (non-hydrogen) atoms. The Labute approximate surface area is 108 Å². The van der Waals surface area contributed by atoms with E-state index in [1.54, 1.807) is 6.07 Å². The Morgan fingerprint density at radius 3 is 2.89 bits per heavy atom. The van der Waals surface area contributed by atoms with E-state index in [4.69, 9.17) is 0 Å². The zero-order valence-electron chi connectivity index (χ0n) is 11.1. The van der Waals surface area contributed by atoms with Gasteiger partial charge in [0.15, 0.2) is 0 Å². The highest BCUT2D eigenvalue weighted by atomic mass is 19.1. The van der Waals surface area contributed by atoms with Crippen LogP contribution in [-0.4, -0.2) is 17.7 Å². The van der Waals surface area contributed by atoms with Crippen LogP contribution in [0.15, 0.2) is 24.3 Å². The third kappa shape index (κ3) is 2.57. The molecule has 1 aliphatic rings. The fourth-order valence-electron chi connectivity index (χ4n) is 2.88. The van der Waals surface area contributed by atoms with Crippen molar-refractivity contribution in [1.82, 2.24) is 5.32 Å². The first kappa shape index (κ1) is 13.5. The van der Waals surface area contributed by atoms with Crippen LogP contribution in [0.5, 0.6) is 0 Å². The van der Waals surface area contributed by atoms with Gasteiger partial charge < -0.3 is 10.4 Å². The van der Waals surface area contributed by atoms with Gasteiger partial charge in [-0.3, -0.25) is 0 Å². The van der Waals surface area contributed by atoms with Crippen molar-refractivity contribution in [2.75, 3.05) is 6.54 Å². The lowest BCUT2D eigenvalue weighted by atomic mass is 9.78. The summed E-state index contributed by atoms with van der Waals surface area (Å²) in [5, 5.41) is 14.3. The minimum absolute atomic E-state index is 0.00745. The third-order valence-corrected chi connectivity index (χ3v) is 4.11. The smallest absolute Gasteiger partial charge is 0.123 e. The zero-order chi connectivity index (χ0) is 13.2. The van der Waals surface area contributed by atoms with Crippen molar-refractivity contribution < 1.29 is 9.50 Å². The molecule has 100 valence electrons. The molecule has 1 aliphatic heterocycles. The Hall–Kier alpha value is -0.930. The quantitative estimate of drug-likeness (QED) is 0.866. The van der Waals surface area contributed by atoms with Crippen molar-refractivity contribution in [3.63, 3.8) is 0 Å². The maximum absolute atomic E-state index is 13.3. The second kappa shape index (κ2) is 5.37. The molecule has 2 N–H and O–H groups in total. The predicted octanol–water partition coefficient (Wildman–Crippen LogP) is 2.81. The Morgan fingerprint density at radius 1 is 1.50 bits per heavy atom. The molecule has 0 radical (unpaired) electrons. The number of aliphatic hydroxyl groups is 1. The van der Waals surface area contributed by atoms with Crippen LogP contribution < -0.4 is 5.32 Å². The van der Waals surface area contributed by atoms with Gasteiger partial charge in [-0.15, -0.1) is 0 Å². The Morgan fingerprint density at radius 2 is 2.28 bits per heavy atom. The van der Waals surface area contributed by atoms with Crippen LogP contribution in [0.4, 0.5) is 4.39 Å². The summed E-state index contributed by atoms with van der Waals surface area (Å²) < 4.78 is 13.3. The third-order valence-electron chi connectivity index (χ3n) is 4.11. The lowest BCUT2D eigenvalue weighted by Gasteiger charge is -2.41. The van der Waals surface area contributed by atoms with E-state index < -0.39 is 5.60 Å². The predicted molar refractivity (Wildman–Crippen MR) is 70.8 cm³/mol. The van der Waals surface area contributed by atoms with Gasteiger partial charge in [-0.05, 0) is 49.4 Å². The molecule has 2 nitrogen and oxygen atoms in total. The summed E-state index contributed by atoms with van der Waals surface area (Å²) in [6, 6.07) is 6.35. The van der Waals surface area contributed by atoms with E-state index >= 15 is 0 Å². The van der Waals surface area contributed by atoms with Crippen LogP contribution in [0.25, 0.3) is 0 Å². The van der Waals surface area contributed by atoms with Crippen molar-refractivity contribution in [1.29, 1.82) is 0 Å². The van der Waals surface area contributed by atoms with Crippen LogP contribution in [0, 0.1) is 11.7 Å². The second-order valence-corrected chi connectivity index (χ2v) is 5.42. The summed E-state index contributed by atoms with van der Waals surface area (Å²) in [7, 11) is 0. The van der Waals surface area contributed by atoms with E-state index in [0.717, 1.165) is 19.4 Å². The maximum Gasteiger partial charge on any atom is 0.123 e. The highest BCUT2D eigenvalue weighted by molar-refractivity contribution is 5.25. The van der Waals surface area contributed by atoms with E-state index in [1.807, 2.05) is 13.0 Å². The largest absolute Gasteiger partial charge is 0.384 e. The topological polar surface area (TPSA) is 32.3 Å². The number of rotatable bonds is 3. The van der Waals surface area contributed by atoms with Gasteiger partial charge in [0.25, 0.3) is 0 Å². The molecular weight excluding hydrogens is 229 g/mol. The standard InChI is InChI=1S/C15H22FNO/c1-3-15(18,12-5-4-6-13(16)10-12)14-9-11(2)7-8-17-14/h4-6,10-11,14,17-18H,3,7-9H2,1-2H3. The Kier molecular flexibility index (Phi) is 4.03. The molecule has 1 saturated heterocycles. The minimum Gasteiger partial charge on any atom is -0.384 e. The number of benzene rings is 1. The molecule has 1 heterocycles. The Bertz CT molecular complexity index is 409. The van der Waals surface area contributed by atoms with Crippen molar-refractivity contribution in [2.45, 2.75) is 44.8 Å². The highest BCUT2D eigenvalue weighted by Crippen LogP contribution is 2.34. The SMILES string of the molecule is CCC(O)(c1cccc(F)c1)C1CC(C)CCN1. The van der Waals surface area contributed by atoms with E-state index in [2.05, 4.69) is 12.2 Å². The van der Waals surface area contributed by atoms with E-state index in [1.165, 1.54) is 12.1 Å². The molecule has 3 heteroatoms. The van der Waals surface area contributed by atoms with Crippen LogP contribution in [0.1, 0.15) is 38.7 Å². The van der Waals surface area contributed by atoms with Crippen LogP contribution in [-0.2, 0) is 5.60 Å². The number of halogens is 1. The average Bonchev–Trinajstić information content (AvgIpc) is 2.38. The molecule has 1 aromatic carbocycles.